The van der Waals surface area contributed by atoms with E-state index >= 15 is 0 Å². The minimum Gasteiger partial charge on any atom is -0.394 e. The van der Waals surface area contributed by atoms with Crippen LogP contribution in [0.25, 0.3) is 0 Å². The van der Waals surface area contributed by atoms with Gasteiger partial charge in [-0.2, -0.15) is 0 Å². The van der Waals surface area contributed by atoms with Crippen molar-refractivity contribution in [1.29, 1.82) is 0 Å². The van der Waals surface area contributed by atoms with Crippen LogP contribution in [-0.4, -0.2) is 259 Å². The van der Waals surface area contributed by atoms with E-state index in [0.717, 1.165) is 77.0 Å². The molecule has 0 saturated carbocycles. The summed E-state index contributed by atoms with van der Waals surface area (Å²) in [5.74, 6) is 0. The second-order valence-electron chi connectivity index (χ2n) is 18.8. The molecule has 0 bridgehead atoms. The number of aliphatic hydroxyl groups is 14. The molecule has 14 N–H and O–H groups in total. The van der Waals surface area contributed by atoms with E-state index in [0.29, 0.717) is 12.8 Å². The number of rotatable bonds is 33. The third-order valence-corrected chi connectivity index (χ3v) is 13.3. The number of unbranched alkanes of at least 4 members (excludes halogenated alkanes) is 12. The van der Waals surface area contributed by atoms with Crippen LogP contribution >= 0.6 is 0 Å². The van der Waals surface area contributed by atoms with Crippen molar-refractivity contribution in [1.82, 2.24) is 0 Å². The Hall–Kier alpha value is -0.960. The minimum absolute atomic E-state index is 0.259. The van der Waals surface area contributed by atoms with E-state index in [1.165, 1.54) is 0 Å². The Bertz CT molecular complexity index is 1260. The molecule has 0 aliphatic carbocycles. The van der Waals surface area contributed by atoms with Crippen LogP contribution in [0.15, 0.2) is 0 Å². The van der Waals surface area contributed by atoms with E-state index in [1.54, 1.807) is 0 Å². The first-order valence-corrected chi connectivity index (χ1v) is 25.3. The molecule has 4 saturated heterocycles. The SMILES string of the molecule is CCCCCCCCCOC[C@H](O[C@@H]1OC(CO)[C@@H](O[C@H]2OC(CO)[C@@H](O)[C@H](O)C2O)[C@H](O)C1O)[C@H](COCCCCCCCCC)O[C@@H]1OC(CO)[C@@H](O[C@H]2OC(CO)[C@@H](O)[C@H](O)C2O)[C@H](O)C1O. The topological polar surface area (TPSA) is 376 Å². The van der Waals surface area contributed by atoms with Gasteiger partial charge in [0.25, 0.3) is 0 Å². The molecular weight excluding hydrogens is 936 g/mol. The van der Waals surface area contributed by atoms with Gasteiger partial charge in [0.1, 0.15) is 110 Å². The molecule has 4 heterocycles. The third kappa shape index (κ3) is 17.6. The fourth-order valence-electron chi connectivity index (χ4n) is 8.87. The number of ether oxygens (including phenoxy) is 10. The molecule has 24 nitrogen and oxygen atoms in total. The number of hydrogen-bond donors (Lipinski definition) is 14. The highest BCUT2D eigenvalue weighted by atomic mass is 16.8. The molecule has 4 aliphatic rings. The Balaban J connectivity index is 1.56. The fraction of sp³-hybridized carbons (Fsp3) is 1.00. The fourth-order valence-corrected chi connectivity index (χ4v) is 8.87. The summed E-state index contributed by atoms with van der Waals surface area (Å²) >= 11 is 0. The average Bonchev–Trinajstić information content (AvgIpc) is 3.36. The van der Waals surface area contributed by atoms with Crippen LogP contribution in [0.5, 0.6) is 0 Å². The first-order valence-electron chi connectivity index (χ1n) is 25.3. The molecule has 0 aromatic heterocycles. The largest absolute Gasteiger partial charge is 0.394 e. The maximum atomic E-state index is 11.5. The van der Waals surface area contributed by atoms with Gasteiger partial charge in [0.15, 0.2) is 25.2 Å². The van der Waals surface area contributed by atoms with Crippen molar-refractivity contribution >= 4 is 0 Å². The van der Waals surface area contributed by atoms with Crippen LogP contribution in [0.4, 0.5) is 0 Å². The van der Waals surface area contributed by atoms with Crippen molar-refractivity contribution in [2.45, 2.75) is 239 Å². The van der Waals surface area contributed by atoms with Gasteiger partial charge in [0, 0.05) is 13.2 Å². The lowest BCUT2D eigenvalue weighted by Crippen LogP contribution is -2.66. The Morgan fingerprint density at radius 2 is 0.643 bits per heavy atom. The summed E-state index contributed by atoms with van der Waals surface area (Å²) in [7, 11) is 0. The van der Waals surface area contributed by atoms with E-state index < -0.39 is 161 Å². The number of aliphatic hydroxyl groups excluding tert-OH is 14. The van der Waals surface area contributed by atoms with E-state index in [1.807, 2.05) is 0 Å². The highest BCUT2D eigenvalue weighted by Gasteiger charge is 2.54. The van der Waals surface area contributed by atoms with E-state index in [4.69, 9.17) is 47.4 Å². The van der Waals surface area contributed by atoms with Gasteiger partial charge in [-0.1, -0.05) is 90.9 Å². The van der Waals surface area contributed by atoms with Crippen LogP contribution in [0.1, 0.15) is 104 Å². The lowest BCUT2D eigenvalue weighted by Gasteiger charge is -2.47. The van der Waals surface area contributed by atoms with Gasteiger partial charge in [-0.15, -0.1) is 0 Å². The van der Waals surface area contributed by atoms with Crippen LogP contribution in [0, 0.1) is 0 Å². The molecule has 0 radical (unpaired) electrons. The molecule has 4 rings (SSSR count). The van der Waals surface area contributed by atoms with Gasteiger partial charge in [-0.3, -0.25) is 0 Å². The zero-order valence-electron chi connectivity index (χ0n) is 40.6. The van der Waals surface area contributed by atoms with Crippen LogP contribution in [-0.2, 0) is 47.4 Å². The Morgan fingerprint density at radius 3 is 0.971 bits per heavy atom. The lowest BCUT2D eigenvalue weighted by molar-refractivity contribution is -0.377. The molecule has 22 atom stereocenters. The zero-order chi connectivity index (χ0) is 51.3. The van der Waals surface area contributed by atoms with Crippen molar-refractivity contribution in [2.24, 2.45) is 0 Å². The predicted octanol–water partition coefficient (Wildman–Crippen LogP) is -3.46. The molecule has 0 amide bonds. The summed E-state index contributed by atoms with van der Waals surface area (Å²) < 4.78 is 59.1. The predicted molar refractivity (Wildman–Crippen MR) is 240 cm³/mol. The standard InChI is InChI=1S/C46H86O24/c1-3-5-7-9-11-13-15-17-61-23-29(67-43-39(59)35(55)41(27(21-49)65-43)69-45-37(57)33(53)31(51)25(19-47)63-45)30(24-62-18-16-14-12-10-8-6-4-2)68-44-40(60)36(56)42(28(22-50)66-44)70-46-38(58)34(54)32(52)26(20-48)64-46/h25-60H,3-24H2,1-2H3/t25?,26?,27?,28?,29-,30-,31+,32+,33-,34-,35+,36+,37?,38?,39?,40?,41+,42+,43-,44-,45+,46+/m0/s1. The summed E-state index contributed by atoms with van der Waals surface area (Å²) in [5, 5.41) is 149. The van der Waals surface area contributed by atoms with Crippen molar-refractivity contribution in [3.63, 3.8) is 0 Å². The van der Waals surface area contributed by atoms with Crippen molar-refractivity contribution in [2.75, 3.05) is 52.9 Å². The maximum absolute atomic E-state index is 11.5. The summed E-state index contributed by atoms with van der Waals surface area (Å²) in [5.41, 5.74) is 0. The quantitative estimate of drug-likeness (QED) is 0.0284. The molecule has 0 aromatic rings. The molecule has 0 spiro atoms. The smallest absolute Gasteiger partial charge is 0.187 e. The Kier molecular flexibility index (Phi) is 28.6. The minimum atomic E-state index is -1.95. The molecule has 70 heavy (non-hydrogen) atoms. The summed E-state index contributed by atoms with van der Waals surface area (Å²) in [6.07, 6.45) is -23.3. The first kappa shape index (κ1) is 61.6. The van der Waals surface area contributed by atoms with Gasteiger partial charge in [-0.25, -0.2) is 0 Å². The summed E-state index contributed by atoms with van der Waals surface area (Å²) in [6, 6.07) is 0. The van der Waals surface area contributed by atoms with E-state index in [2.05, 4.69) is 13.8 Å². The monoisotopic (exact) mass is 1020 g/mol. The van der Waals surface area contributed by atoms with E-state index in [9.17, 15) is 71.5 Å². The van der Waals surface area contributed by atoms with Crippen LogP contribution in [0.2, 0.25) is 0 Å². The van der Waals surface area contributed by atoms with Gasteiger partial charge < -0.3 is 119 Å². The summed E-state index contributed by atoms with van der Waals surface area (Å²) in [4.78, 5) is 0. The normalized spacial score (nSPS) is 39.3. The highest BCUT2D eigenvalue weighted by molar-refractivity contribution is 4.97. The molecular formula is C46H86O24. The highest BCUT2D eigenvalue weighted by Crippen LogP contribution is 2.33. The van der Waals surface area contributed by atoms with Crippen molar-refractivity contribution < 1.29 is 119 Å². The van der Waals surface area contributed by atoms with Crippen molar-refractivity contribution in [3.05, 3.63) is 0 Å². The Morgan fingerprint density at radius 1 is 0.343 bits per heavy atom. The Labute approximate surface area is 409 Å². The molecule has 4 aliphatic heterocycles. The molecule has 0 aromatic carbocycles. The second-order valence-corrected chi connectivity index (χ2v) is 18.8. The zero-order valence-corrected chi connectivity index (χ0v) is 40.6. The van der Waals surface area contributed by atoms with Gasteiger partial charge in [0.2, 0.25) is 0 Å². The maximum Gasteiger partial charge on any atom is 0.187 e. The molecule has 8 unspecified atom stereocenters. The third-order valence-electron chi connectivity index (χ3n) is 13.3. The van der Waals surface area contributed by atoms with Crippen LogP contribution in [0.3, 0.4) is 0 Å². The van der Waals surface area contributed by atoms with Gasteiger partial charge in [0.05, 0.1) is 39.6 Å². The van der Waals surface area contributed by atoms with Crippen LogP contribution < -0.4 is 0 Å². The molecule has 414 valence electrons. The van der Waals surface area contributed by atoms with Gasteiger partial charge in [-0.05, 0) is 12.8 Å². The summed E-state index contributed by atoms with van der Waals surface area (Å²) in [6.45, 7) is 1.01. The van der Waals surface area contributed by atoms with E-state index in [-0.39, 0.29) is 26.4 Å². The number of hydrogen-bond acceptors (Lipinski definition) is 24. The second kappa shape index (κ2) is 32.5. The van der Waals surface area contributed by atoms with Crippen molar-refractivity contribution in [3.8, 4) is 0 Å². The molecule has 4 fully saturated rings. The average molecular weight is 1020 g/mol. The van der Waals surface area contributed by atoms with Gasteiger partial charge >= 0.3 is 0 Å². The molecule has 24 heteroatoms. The first-order chi connectivity index (χ1) is 33.7. The lowest BCUT2D eigenvalue weighted by atomic mass is 9.96.